The number of carbonyl (C=O) groups is 1. The van der Waals surface area contributed by atoms with Crippen LogP contribution in [-0.4, -0.2) is 38.6 Å². The molecule has 0 bridgehead atoms. The molecule has 1 aliphatic carbocycles. The van der Waals surface area contributed by atoms with Crippen LogP contribution < -0.4 is 10.6 Å². The van der Waals surface area contributed by atoms with Gasteiger partial charge in [-0.1, -0.05) is 19.8 Å². The predicted molar refractivity (Wildman–Crippen MR) is 85.9 cm³/mol. The number of nitrogens with zero attached hydrogens (tertiary/aromatic N) is 3. The third-order valence-corrected chi connectivity index (χ3v) is 5.22. The normalized spacial score (nSPS) is 30.6. The fourth-order valence-electron chi connectivity index (χ4n) is 3.68. The van der Waals surface area contributed by atoms with Crippen LogP contribution in [0.1, 0.15) is 63.1 Å². The van der Waals surface area contributed by atoms with Gasteiger partial charge in [0.1, 0.15) is 11.6 Å². The third kappa shape index (κ3) is 3.49. The lowest BCUT2D eigenvalue weighted by atomic mass is 9.73. The first-order chi connectivity index (χ1) is 11.0. The van der Waals surface area contributed by atoms with Crippen LogP contribution in [0.25, 0.3) is 0 Å². The Kier molecular flexibility index (Phi) is 4.57. The molecule has 3 unspecified atom stereocenters. The number of aliphatic hydroxyl groups excluding tert-OH is 1. The predicted octanol–water partition coefficient (Wildman–Crippen LogP) is 1.66. The van der Waals surface area contributed by atoms with Gasteiger partial charge in [0.05, 0.1) is 12.1 Å². The monoisotopic (exact) mass is 321 g/mol. The maximum atomic E-state index is 12.3. The minimum atomic E-state index is -0.336. The first-order valence-electron chi connectivity index (χ1n) is 8.62. The lowest BCUT2D eigenvalue weighted by Gasteiger charge is -2.38. The third-order valence-electron chi connectivity index (χ3n) is 5.22. The van der Waals surface area contributed by atoms with Crippen LogP contribution in [-0.2, 0) is 6.54 Å². The molecular weight excluding hydrogens is 294 g/mol. The number of aryl methyl sites for hydroxylation is 2. The number of fused-ring (bicyclic) bond motifs is 1. The lowest BCUT2D eigenvalue weighted by molar-refractivity contribution is 0.00303. The van der Waals surface area contributed by atoms with Crippen molar-refractivity contribution in [3.8, 4) is 0 Å². The number of hydrogen-bond acceptors (Lipinski definition) is 4. The van der Waals surface area contributed by atoms with E-state index in [1.165, 1.54) is 0 Å². The SMILES string of the molecule is Cc1nc2n(n1)CCCC2NC(=O)NCC1(C)CCCCC1O. The van der Waals surface area contributed by atoms with Crippen molar-refractivity contribution in [2.24, 2.45) is 5.41 Å². The fraction of sp³-hybridized carbons (Fsp3) is 0.812. The Morgan fingerprint density at radius 1 is 1.39 bits per heavy atom. The minimum absolute atomic E-state index is 0.0889. The summed E-state index contributed by atoms with van der Waals surface area (Å²) in [6.45, 7) is 5.28. The zero-order valence-electron chi connectivity index (χ0n) is 14.0. The Morgan fingerprint density at radius 2 is 2.22 bits per heavy atom. The smallest absolute Gasteiger partial charge is 0.315 e. The van der Waals surface area contributed by atoms with Gasteiger partial charge in [-0.2, -0.15) is 5.10 Å². The fourth-order valence-corrected chi connectivity index (χ4v) is 3.68. The molecular formula is C16H27N5O2. The summed E-state index contributed by atoms with van der Waals surface area (Å²) in [4.78, 5) is 16.7. The molecule has 1 saturated carbocycles. The zero-order chi connectivity index (χ0) is 16.4. The summed E-state index contributed by atoms with van der Waals surface area (Å²) < 4.78 is 1.88. The summed E-state index contributed by atoms with van der Waals surface area (Å²) in [5.41, 5.74) is -0.223. The van der Waals surface area contributed by atoms with E-state index in [0.717, 1.165) is 56.7 Å². The van der Waals surface area contributed by atoms with Crippen LogP contribution in [0, 0.1) is 12.3 Å². The van der Waals surface area contributed by atoms with Crippen molar-refractivity contribution in [2.75, 3.05) is 6.54 Å². The number of aliphatic hydroxyl groups is 1. The van der Waals surface area contributed by atoms with Gasteiger partial charge in [-0.25, -0.2) is 14.5 Å². The van der Waals surface area contributed by atoms with Crippen molar-refractivity contribution in [3.63, 3.8) is 0 Å². The van der Waals surface area contributed by atoms with E-state index in [9.17, 15) is 9.90 Å². The summed E-state index contributed by atoms with van der Waals surface area (Å²) in [6, 6.07) is -0.280. The number of rotatable bonds is 3. The molecule has 2 amide bonds. The van der Waals surface area contributed by atoms with Crippen molar-refractivity contribution in [1.82, 2.24) is 25.4 Å². The summed E-state index contributed by atoms with van der Waals surface area (Å²) in [5, 5.41) is 20.5. The molecule has 1 aliphatic heterocycles. The van der Waals surface area contributed by atoms with Crippen LogP contribution in [0.5, 0.6) is 0 Å². The molecule has 3 N–H and O–H groups in total. The maximum Gasteiger partial charge on any atom is 0.315 e. The number of amides is 2. The average molecular weight is 321 g/mol. The maximum absolute atomic E-state index is 12.3. The van der Waals surface area contributed by atoms with Crippen molar-refractivity contribution in [3.05, 3.63) is 11.6 Å². The van der Waals surface area contributed by atoms with E-state index in [0.29, 0.717) is 6.54 Å². The molecule has 2 heterocycles. The molecule has 7 heteroatoms. The van der Waals surface area contributed by atoms with E-state index in [-0.39, 0.29) is 23.6 Å². The molecule has 1 fully saturated rings. The zero-order valence-corrected chi connectivity index (χ0v) is 14.0. The summed E-state index contributed by atoms with van der Waals surface area (Å²) in [5.74, 6) is 1.58. The molecule has 23 heavy (non-hydrogen) atoms. The van der Waals surface area contributed by atoms with E-state index in [1.807, 2.05) is 11.6 Å². The van der Waals surface area contributed by atoms with E-state index < -0.39 is 0 Å². The Hall–Kier alpha value is -1.63. The quantitative estimate of drug-likeness (QED) is 0.789. The van der Waals surface area contributed by atoms with Gasteiger partial charge in [-0.05, 0) is 32.6 Å². The molecule has 3 rings (SSSR count). The summed E-state index contributed by atoms with van der Waals surface area (Å²) in [7, 11) is 0. The highest BCUT2D eigenvalue weighted by molar-refractivity contribution is 5.74. The molecule has 0 spiro atoms. The van der Waals surface area contributed by atoms with Gasteiger partial charge in [0.2, 0.25) is 0 Å². The second-order valence-electron chi connectivity index (χ2n) is 7.18. The van der Waals surface area contributed by atoms with E-state index in [2.05, 4.69) is 27.6 Å². The number of carbonyl (C=O) groups excluding carboxylic acids is 1. The molecule has 0 radical (unpaired) electrons. The Balaban J connectivity index is 1.56. The number of urea groups is 1. The van der Waals surface area contributed by atoms with Gasteiger partial charge in [0, 0.05) is 18.5 Å². The largest absolute Gasteiger partial charge is 0.392 e. The van der Waals surface area contributed by atoms with E-state index >= 15 is 0 Å². The Morgan fingerprint density at radius 3 is 3.00 bits per heavy atom. The molecule has 3 atom stereocenters. The van der Waals surface area contributed by atoms with Crippen LogP contribution in [0.15, 0.2) is 0 Å². The van der Waals surface area contributed by atoms with Gasteiger partial charge in [0.15, 0.2) is 0 Å². The van der Waals surface area contributed by atoms with Gasteiger partial charge < -0.3 is 15.7 Å². The molecule has 7 nitrogen and oxygen atoms in total. The highest BCUT2D eigenvalue weighted by Crippen LogP contribution is 2.35. The van der Waals surface area contributed by atoms with Crippen molar-refractivity contribution < 1.29 is 9.90 Å². The highest BCUT2D eigenvalue weighted by Gasteiger charge is 2.35. The van der Waals surface area contributed by atoms with Gasteiger partial charge in [0.25, 0.3) is 0 Å². The molecule has 1 aromatic rings. The summed E-state index contributed by atoms with van der Waals surface area (Å²) in [6.07, 6.45) is 5.48. The van der Waals surface area contributed by atoms with Crippen LogP contribution in [0.4, 0.5) is 4.79 Å². The number of aromatic nitrogens is 3. The minimum Gasteiger partial charge on any atom is -0.392 e. The second kappa shape index (κ2) is 6.47. The lowest BCUT2D eigenvalue weighted by Crippen LogP contribution is -2.48. The van der Waals surface area contributed by atoms with E-state index in [1.54, 1.807) is 0 Å². The van der Waals surface area contributed by atoms with E-state index in [4.69, 9.17) is 0 Å². The van der Waals surface area contributed by atoms with Crippen LogP contribution >= 0.6 is 0 Å². The van der Waals surface area contributed by atoms with Gasteiger partial charge >= 0.3 is 6.03 Å². The van der Waals surface area contributed by atoms with Crippen molar-refractivity contribution >= 4 is 6.03 Å². The van der Waals surface area contributed by atoms with Gasteiger partial charge in [-0.15, -0.1) is 0 Å². The topological polar surface area (TPSA) is 92.1 Å². The van der Waals surface area contributed by atoms with Crippen LogP contribution in [0.2, 0.25) is 0 Å². The molecule has 0 saturated heterocycles. The number of hydrogen-bond donors (Lipinski definition) is 3. The molecule has 2 aliphatic rings. The second-order valence-corrected chi connectivity index (χ2v) is 7.18. The van der Waals surface area contributed by atoms with Crippen molar-refractivity contribution in [2.45, 2.75) is 71.1 Å². The van der Waals surface area contributed by atoms with Crippen LogP contribution in [0.3, 0.4) is 0 Å². The Labute approximate surface area is 136 Å². The van der Waals surface area contributed by atoms with Crippen molar-refractivity contribution in [1.29, 1.82) is 0 Å². The molecule has 1 aromatic heterocycles. The first-order valence-corrected chi connectivity index (χ1v) is 8.62. The molecule has 0 aromatic carbocycles. The Bertz CT molecular complexity index is 573. The average Bonchev–Trinajstić information content (AvgIpc) is 2.90. The number of nitrogens with one attached hydrogen (secondary N) is 2. The van der Waals surface area contributed by atoms with Gasteiger partial charge in [-0.3, -0.25) is 0 Å². The highest BCUT2D eigenvalue weighted by atomic mass is 16.3. The first kappa shape index (κ1) is 16.2. The summed E-state index contributed by atoms with van der Waals surface area (Å²) >= 11 is 0. The standard InChI is InChI=1S/C16H27N5O2/c1-11-18-14-12(6-5-9-21(14)20-11)19-15(23)17-10-16(2)8-4-3-7-13(16)22/h12-13,22H,3-10H2,1-2H3,(H2,17,19,23). The molecule has 128 valence electrons.